The van der Waals surface area contributed by atoms with E-state index in [0.29, 0.717) is 29.3 Å². The molecule has 1 N–H and O–H groups in total. The van der Waals surface area contributed by atoms with E-state index in [-0.39, 0.29) is 17.3 Å². The Morgan fingerprint density at radius 3 is 2.56 bits per heavy atom. The molecule has 1 aliphatic heterocycles. The first-order chi connectivity index (χ1) is 17.0. The van der Waals surface area contributed by atoms with Crippen LogP contribution in [0.1, 0.15) is 59.5 Å². The van der Waals surface area contributed by atoms with Gasteiger partial charge in [0.25, 0.3) is 0 Å². The maximum absolute atomic E-state index is 14.2. The average molecular weight is 501 g/mol. The first kappa shape index (κ1) is 25.9. The fourth-order valence-corrected chi connectivity index (χ4v) is 4.99. The quantitative estimate of drug-likeness (QED) is 0.497. The third-order valence-corrected chi connectivity index (χ3v) is 6.87. The van der Waals surface area contributed by atoms with E-state index >= 15 is 0 Å². The molecule has 1 unspecified atom stereocenters. The van der Waals surface area contributed by atoms with Crippen molar-refractivity contribution in [2.75, 3.05) is 36.4 Å². The summed E-state index contributed by atoms with van der Waals surface area (Å²) in [5, 5.41) is 8.32. The van der Waals surface area contributed by atoms with E-state index in [4.69, 9.17) is 5.10 Å². The van der Waals surface area contributed by atoms with Crippen LogP contribution in [0.5, 0.6) is 0 Å². The molecule has 1 atom stereocenters. The minimum atomic E-state index is -3.20. The van der Waals surface area contributed by atoms with E-state index in [9.17, 15) is 13.6 Å². The predicted octanol–water partition coefficient (Wildman–Crippen LogP) is 4.15. The number of pyridine rings is 1. The molecule has 3 aromatic heterocycles. The molecule has 0 radical (unpaired) electrons. The number of rotatable bonds is 8. The Morgan fingerprint density at radius 1 is 1.22 bits per heavy atom. The molecule has 36 heavy (non-hydrogen) atoms. The number of halogens is 2. The SMILES string of the molecule is CCc1cc(-n2nc(N3CCC(C)(N(CC)CC)C3)c3cnc(NC(C)=O)cc32)nc(C(C)(F)F)n1. The number of aromatic nitrogens is 5. The Bertz CT molecular complexity index is 1270. The molecular formula is C25H34F2N8O. The molecule has 4 rings (SSSR count). The molecule has 3 aromatic rings. The topological polar surface area (TPSA) is 92.1 Å². The number of hydrogen-bond acceptors (Lipinski definition) is 7. The molecule has 4 heterocycles. The van der Waals surface area contributed by atoms with Gasteiger partial charge in [-0.15, -0.1) is 5.10 Å². The Balaban J connectivity index is 1.87. The Kier molecular flexibility index (Phi) is 6.96. The number of aryl methyl sites for hydroxylation is 1. The summed E-state index contributed by atoms with van der Waals surface area (Å²) in [6.07, 6.45) is 3.11. The lowest BCUT2D eigenvalue weighted by Crippen LogP contribution is -2.48. The molecule has 0 bridgehead atoms. The molecule has 0 spiro atoms. The zero-order chi connectivity index (χ0) is 26.3. The highest BCUT2D eigenvalue weighted by molar-refractivity contribution is 5.95. The monoisotopic (exact) mass is 500 g/mol. The number of carbonyl (C=O) groups excluding carboxylic acids is 1. The molecular weight excluding hydrogens is 466 g/mol. The summed E-state index contributed by atoms with van der Waals surface area (Å²) in [5.74, 6) is -2.69. The van der Waals surface area contributed by atoms with Gasteiger partial charge < -0.3 is 10.2 Å². The van der Waals surface area contributed by atoms with Gasteiger partial charge in [0.2, 0.25) is 11.7 Å². The van der Waals surface area contributed by atoms with Crippen molar-refractivity contribution in [2.45, 2.75) is 65.8 Å². The van der Waals surface area contributed by atoms with E-state index in [0.717, 1.165) is 44.9 Å². The van der Waals surface area contributed by atoms with Crippen molar-refractivity contribution in [3.05, 3.63) is 29.8 Å². The lowest BCUT2D eigenvalue weighted by molar-refractivity contribution is -0.114. The van der Waals surface area contributed by atoms with Gasteiger partial charge in [-0.3, -0.25) is 9.69 Å². The van der Waals surface area contributed by atoms with Gasteiger partial charge >= 0.3 is 5.92 Å². The van der Waals surface area contributed by atoms with Crippen molar-refractivity contribution in [3.8, 4) is 5.82 Å². The van der Waals surface area contributed by atoms with Crippen LogP contribution in [0, 0.1) is 0 Å². The predicted molar refractivity (Wildman–Crippen MR) is 136 cm³/mol. The molecule has 0 aliphatic carbocycles. The second-order valence-corrected chi connectivity index (χ2v) is 9.63. The third-order valence-electron chi connectivity index (χ3n) is 6.87. The first-order valence-corrected chi connectivity index (χ1v) is 12.4. The number of likely N-dealkylation sites (N-methyl/N-ethyl adjacent to an activating group) is 1. The van der Waals surface area contributed by atoms with Crippen LogP contribution in [-0.4, -0.2) is 67.3 Å². The number of nitrogens with zero attached hydrogens (tertiary/aromatic N) is 7. The minimum absolute atomic E-state index is 0.00904. The van der Waals surface area contributed by atoms with E-state index in [2.05, 4.69) is 50.8 Å². The van der Waals surface area contributed by atoms with Crippen LogP contribution in [0.2, 0.25) is 0 Å². The summed E-state index contributed by atoms with van der Waals surface area (Å²) >= 11 is 0. The van der Waals surface area contributed by atoms with Gasteiger partial charge in [-0.2, -0.15) is 8.78 Å². The molecule has 1 fully saturated rings. The highest BCUT2D eigenvalue weighted by atomic mass is 19.3. The van der Waals surface area contributed by atoms with Gasteiger partial charge in [0.15, 0.2) is 11.6 Å². The molecule has 11 heteroatoms. The highest BCUT2D eigenvalue weighted by Crippen LogP contribution is 2.36. The maximum atomic E-state index is 14.2. The lowest BCUT2D eigenvalue weighted by Gasteiger charge is -2.37. The molecule has 194 valence electrons. The summed E-state index contributed by atoms with van der Waals surface area (Å²) in [4.78, 5) is 29.0. The smallest absolute Gasteiger partial charge is 0.303 e. The van der Waals surface area contributed by atoms with Crippen LogP contribution < -0.4 is 10.2 Å². The highest BCUT2D eigenvalue weighted by Gasteiger charge is 2.39. The Hall–Kier alpha value is -3.21. The summed E-state index contributed by atoms with van der Waals surface area (Å²) in [6.45, 7) is 14.1. The van der Waals surface area contributed by atoms with Crippen molar-refractivity contribution < 1.29 is 13.6 Å². The molecule has 0 aromatic carbocycles. The molecule has 9 nitrogen and oxygen atoms in total. The number of nitrogens with one attached hydrogen (secondary N) is 1. The number of fused-ring (bicyclic) bond motifs is 1. The molecule has 0 saturated carbocycles. The second kappa shape index (κ2) is 9.68. The van der Waals surface area contributed by atoms with Crippen molar-refractivity contribution in [2.24, 2.45) is 0 Å². The van der Waals surface area contributed by atoms with Gasteiger partial charge in [-0.1, -0.05) is 20.8 Å². The normalized spacial score (nSPS) is 18.4. The molecule has 1 saturated heterocycles. The van der Waals surface area contributed by atoms with E-state index in [1.165, 1.54) is 6.92 Å². The zero-order valence-corrected chi connectivity index (χ0v) is 21.8. The van der Waals surface area contributed by atoms with E-state index < -0.39 is 11.7 Å². The van der Waals surface area contributed by atoms with E-state index in [1.807, 2.05) is 6.92 Å². The van der Waals surface area contributed by atoms with Gasteiger partial charge in [0.05, 0.1) is 10.9 Å². The average Bonchev–Trinajstić information content (AvgIpc) is 3.39. The number of carbonyl (C=O) groups is 1. The largest absolute Gasteiger partial charge is 0.353 e. The zero-order valence-electron chi connectivity index (χ0n) is 21.8. The Morgan fingerprint density at radius 2 is 1.94 bits per heavy atom. The number of hydrogen-bond donors (Lipinski definition) is 1. The molecule has 1 amide bonds. The van der Waals surface area contributed by atoms with Gasteiger partial charge in [-0.25, -0.2) is 19.6 Å². The van der Waals surface area contributed by atoms with Gasteiger partial charge in [0.1, 0.15) is 5.82 Å². The van der Waals surface area contributed by atoms with Crippen LogP contribution >= 0.6 is 0 Å². The van der Waals surface area contributed by atoms with E-state index in [1.54, 1.807) is 23.0 Å². The molecule has 1 aliphatic rings. The van der Waals surface area contributed by atoms with Crippen LogP contribution in [0.15, 0.2) is 18.3 Å². The Labute approximate surface area is 209 Å². The first-order valence-electron chi connectivity index (χ1n) is 12.4. The summed E-state index contributed by atoms with van der Waals surface area (Å²) in [6, 6.07) is 3.37. The summed E-state index contributed by atoms with van der Waals surface area (Å²) in [5.41, 5.74) is 1.10. The fraction of sp³-hybridized carbons (Fsp3) is 0.560. The van der Waals surface area contributed by atoms with Gasteiger partial charge in [-0.05, 0) is 32.9 Å². The summed E-state index contributed by atoms with van der Waals surface area (Å²) in [7, 11) is 0. The van der Waals surface area contributed by atoms with Gasteiger partial charge in [0, 0.05) is 56.5 Å². The van der Waals surface area contributed by atoms with Crippen LogP contribution in [0.25, 0.3) is 16.7 Å². The number of amides is 1. The van der Waals surface area contributed by atoms with Crippen molar-refractivity contribution >= 4 is 28.4 Å². The summed E-state index contributed by atoms with van der Waals surface area (Å²) < 4.78 is 30.0. The van der Waals surface area contributed by atoms with Crippen molar-refractivity contribution in [1.29, 1.82) is 0 Å². The minimum Gasteiger partial charge on any atom is -0.353 e. The van der Waals surface area contributed by atoms with Crippen molar-refractivity contribution in [3.63, 3.8) is 0 Å². The van der Waals surface area contributed by atoms with Crippen LogP contribution in [0.3, 0.4) is 0 Å². The maximum Gasteiger partial charge on any atom is 0.303 e. The van der Waals surface area contributed by atoms with Crippen LogP contribution in [-0.2, 0) is 17.1 Å². The van der Waals surface area contributed by atoms with Crippen molar-refractivity contribution in [1.82, 2.24) is 29.6 Å². The third kappa shape index (κ3) is 4.88. The standard InChI is InChI=1S/C25H34F2N8O/c1-7-17-12-21(31-23(30-17)25(6,26)27)35-19-13-20(29-16(4)36)28-14-18(19)22(32-35)33-11-10-24(5,15-33)34(8-2)9-3/h12-14H,7-11,15H2,1-6H3,(H,28,29,36). The number of alkyl halides is 2. The fourth-order valence-electron chi connectivity index (χ4n) is 4.99. The second-order valence-electron chi connectivity index (χ2n) is 9.63. The van der Waals surface area contributed by atoms with Crippen LogP contribution in [0.4, 0.5) is 20.4 Å². The number of anilines is 2. The lowest BCUT2D eigenvalue weighted by atomic mass is 9.99.